The van der Waals surface area contributed by atoms with Crippen molar-refractivity contribution in [2.75, 3.05) is 0 Å². The molecular formula is C31H32F4N2PtSi2. The van der Waals surface area contributed by atoms with Crippen molar-refractivity contribution in [2.45, 2.75) is 58.5 Å². The van der Waals surface area contributed by atoms with E-state index < -0.39 is 44.8 Å². The quantitative estimate of drug-likeness (QED) is 0.117. The van der Waals surface area contributed by atoms with Crippen molar-refractivity contribution in [3.8, 4) is 22.5 Å². The first-order chi connectivity index (χ1) is 18.0. The summed E-state index contributed by atoms with van der Waals surface area (Å²) >= 11 is 0. The largest absolute Gasteiger partial charge is 2.00 e. The fourth-order valence-corrected chi connectivity index (χ4v) is 7.87. The topological polar surface area (TPSA) is 25.8 Å². The minimum Gasteiger partial charge on any atom is -0.300 e. The number of aromatic nitrogens is 2. The molecule has 0 unspecified atom stereocenters. The number of rotatable bonds is 6. The van der Waals surface area contributed by atoms with Crippen molar-refractivity contribution in [3.05, 3.63) is 95.3 Å². The Balaban J connectivity index is 0.00000441. The van der Waals surface area contributed by atoms with Gasteiger partial charge in [0.25, 0.3) is 0 Å². The Labute approximate surface area is 250 Å². The normalized spacial score (nSPS) is 12.3. The van der Waals surface area contributed by atoms with E-state index in [-0.39, 0.29) is 42.6 Å². The molecule has 2 heterocycles. The number of halogens is 4. The molecule has 0 radical (unpaired) electrons. The number of hydrogen-bond acceptors (Lipinski definition) is 2. The molecular weight excluding hydrogens is 728 g/mol. The summed E-state index contributed by atoms with van der Waals surface area (Å²) in [5.41, 5.74) is 1.36. The first-order valence-electron chi connectivity index (χ1n) is 12.8. The molecule has 2 nitrogen and oxygen atoms in total. The number of benzene rings is 2. The van der Waals surface area contributed by atoms with Gasteiger partial charge in [-0.15, -0.1) is 24.3 Å². The van der Waals surface area contributed by atoms with Crippen molar-refractivity contribution in [1.82, 2.24) is 9.97 Å². The molecule has 40 heavy (non-hydrogen) atoms. The molecule has 212 valence electrons. The maximum Gasteiger partial charge on any atom is 2.00 e. The number of nitrogens with zero attached hydrogens (tertiary/aromatic N) is 2. The molecule has 2 aromatic carbocycles. The fourth-order valence-electron chi connectivity index (χ4n) is 4.72. The first-order valence-corrected chi connectivity index (χ1v) is 19.8. The van der Waals surface area contributed by atoms with Crippen molar-refractivity contribution in [1.29, 1.82) is 0 Å². The molecule has 0 spiro atoms. The van der Waals surface area contributed by atoms with Crippen LogP contribution in [0.1, 0.15) is 25.2 Å². The second-order valence-corrected chi connectivity index (χ2v) is 22.3. The fraction of sp³-hybridized carbons (Fsp3) is 0.290. The van der Waals surface area contributed by atoms with Crippen molar-refractivity contribution >= 4 is 26.5 Å². The van der Waals surface area contributed by atoms with Crippen LogP contribution in [0.3, 0.4) is 0 Å². The van der Waals surface area contributed by atoms with Crippen LogP contribution in [0.4, 0.5) is 17.6 Å². The summed E-state index contributed by atoms with van der Waals surface area (Å²) in [6, 6.07) is 18.3. The summed E-state index contributed by atoms with van der Waals surface area (Å²) in [5, 5.41) is 0.236. The van der Waals surface area contributed by atoms with Gasteiger partial charge in [-0.1, -0.05) is 85.0 Å². The Morgan fingerprint density at radius 2 is 0.975 bits per heavy atom. The van der Waals surface area contributed by atoms with Gasteiger partial charge in [-0.3, -0.25) is 17.6 Å². The third kappa shape index (κ3) is 6.09. The summed E-state index contributed by atoms with van der Waals surface area (Å²) in [7, 11) is -4.63. The number of pyridine rings is 2. The Hall–Kier alpha value is -2.42. The van der Waals surface area contributed by atoms with E-state index in [1.807, 2.05) is 65.3 Å². The zero-order valence-electron chi connectivity index (χ0n) is 23.8. The van der Waals surface area contributed by atoms with Gasteiger partial charge in [-0.05, 0) is 37.4 Å². The Morgan fingerprint density at radius 1 is 0.625 bits per heavy atom. The van der Waals surface area contributed by atoms with Gasteiger partial charge in [0.1, 0.15) is 0 Å². The summed E-state index contributed by atoms with van der Waals surface area (Å²) in [6.45, 7) is 15.2. The van der Waals surface area contributed by atoms with Crippen molar-refractivity contribution in [3.63, 3.8) is 0 Å². The maximum absolute atomic E-state index is 15.5. The predicted molar refractivity (Wildman–Crippen MR) is 155 cm³/mol. The molecule has 0 aliphatic heterocycles. The average molecular weight is 760 g/mol. The third-order valence-corrected chi connectivity index (χ3v) is 10.7. The van der Waals surface area contributed by atoms with Gasteiger partial charge in [0.05, 0.1) is 16.1 Å². The zero-order chi connectivity index (χ0) is 28.9. The van der Waals surface area contributed by atoms with Crippen LogP contribution in [0.15, 0.2) is 48.5 Å². The second kappa shape index (κ2) is 11.5. The summed E-state index contributed by atoms with van der Waals surface area (Å²) in [4.78, 5) is 9.48. The van der Waals surface area contributed by atoms with E-state index in [1.54, 1.807) is 24.3 Å². The van der Waals surface area contributed by atoms with Crippen LogP contribution in [0, 0.1) is 35.4 Å². The molecule has 0 N–H and O–H groups in total. The van der Waals surface area contributed by atoms with Crippen LogP contribution < -0.4 is 10.4 Å². The smallest absolute Gasteiger partial charge is 0.300 e. The van der Waals surface area contributed by atoms with Gasteiger partial charge in [0, 0.05) is 40.1 Å². The maximum atomic E-state index is 15.5. The van der Waals surface area contributed by atoms with Crippen molar-refractivity contribution < 1.29 is 38.6 Å². The molecule has 9 heteroatoms. The molecule has 0 saturated heterocycles. The van der Waals surface area contributed by atoms with Gasteiger partial charge in [-0.2, -0.15) is 0 Å². The van der Waals surface area contributed by atoms with Crippen LogP contribution in [0.25, 0.3) is 22.5 Å². The Kier molecular flexibility index (Phi) is 9.19. The predicted octanol–water partition coefficient (Wildman–Crippen LogP) is 7.38. The monoisotopic (exact) mass is 759 g/mol. The van der Waals surface area contributed by atoms with Gasteiger partial charge in [-0.25, -0.2) is 0 Å². The van der Waals surface area contributed by atoms with Gasteiger partial charge in [0.2, 0.25) is 0 Å². The van der Waals surface area contributed by atoms with Crippen LogP contribution in [0.5, 0.6) is 0 Å². The molecule has 0 fully saturated rings. The SMILES string of the molecule is CC(C)(c1cccc(-c2[c-]cc(F)c([Si](C)(C)C)c2F)n1)c1cccc(-c2[c-]cc(F)c([Si](C)(C)C)c2F)n1.[Pt+2]. The van der Waals surface area contributed by atoms with Crippen LogP contribution >= 0.6 is 0 Å². The standard InChI is InChI=1S/C31H32F4N2Si2.Pt/c1-31(2,25-13-9-11-23(36-25)19-15-17-21(32)29(27(19)34)38(3,4)5)26-14-10-12-24(37-26)20-16-18-22(33)30(28(20)35)39(6,7)8;/h9-14,17-18H,1-8H3;/q-2;+2. The van der Waals surface area contributed by atoms with E-state index >= 15 is 8.78 Å². The summed E-state index contributed by atoms with van der Waals surface area (Å²) in [6.07, 6.45) is 0. The summed E-state index contributed by atoms with van der Waals surface area (Å²) < 4.78 is 60.2. The summed E-state index contributed by atoms with van der Waals surface area (Å²) in [5.74, 6) is -2.43. The Morgan fingerprint density at radius 3 is 1.30 bits per heavy atom. The van der Waals surface area contributed by atoms with E-state index in [1.165, 1.54) is 12.1 Å². The minimum absolute atomic E-state index is 0. The molecule has 0 saturated carbocycles. The molecule has 4 aromatic rings. The van der Waals surface area contributed by atoms with Crippen LogP contribution in [0.2, 0.25) is 39.3 Å². The molecule has 0 aliphatic carbocycles. The van der Waals surface area contributed by atoms with E-state index in [0.717, 1.165) is 0 Å². The zero-order valence-corrected chi connectivity index (χ0v) is 28.1. The molecule has 4 rings (SSSR count). The van der Waals surface area contributed by atoms with E-state index in [0.29, 0.717) is 22.8 Å². The Bertz CT molecular complexity index is 1450. The minimum atomic E-state index is -2.31. The average Bonchev–Trinajstić information content (AvgIpc) is 2.82. The molecule has 0 amide bonds. The van der Waals surface area contributed by atoms with Gasteiger partial charge >= 0.3 is 21.1 Å². The van der Waals surface area contributed by atoms with Crippen LogP contribution in [-0.2, 0) is 26.5 Å². The number of hydrogen-bond donors (Lipinski definition) is 0. The van der Waals surface area contributed by atoms with Gasteiger partial charge < -0.3 is 9.97 Å². The van der Waals surface area contributed by atoms with E-state index in [4.69, 9.17) is 9.97 Å². The van der Waals surface area contributed by atoms with E-state index in [2.05, 4.69) is 12.1 Å². The van der Waals surface area contributed by atoms with Crippen LogP contribution in [-0.4, -0.2) is 26.1 Å². The molecule has 0 aliphatic rings. The third-order valence-electron chi connectivity index (χ3n) is 6.83. The molecule has 0 bridgehead atoms. The molecule has 0 atom stereocenters. The second-order valence-electron chi connectivity index (χ2n) is 12.3. The van der Waals surface area contributed by atoms with E-state index in [9.17, 15) is 8.78 Å². The van der Waals surface area contributed by atoms with Crippen molar-refractivity contribution in [2.24, 2.45) is 0 Å². The molecule has 2 aromatic heterocycles. The first kappa shape index (κ1) is 32.1. The van der Waals surface area contributed by atoms with Gasteiger partial charge in [0.15, 0.2) is 0 Å².